The number of hydrogen-bond acceptors (Lipinski definition) is 5. The van der Waals surface area contributed by atoms with Crippen LogP contribution in [0.15, 0.2) is 78.4 Å². The summed E-state index contributed by atoms with van der Waals surface area (Å²) in [5.41, 5.74) is 1.37. The molecule has 6 saturated carbocycles. The van der Waals surface area contributed by atoms with E-state index < -0.39 is 22.5 Å². The van der Waals surface area contributed by atoms with Crippen LogP contribution in [-0.4, -0.2) is 58.4 Å². The van der Waals surface area contributed by atoms with Crippen LogP contribution >= 0.6 is 0 Å². The molecule has 11 unspecified atom stereocenters. The van der Waals surface area contributed by atoms with Crippen LogP contribution in [0.3, 0.4) is 0 Å². The Balaban J connectivity index is 1.08. The Labute approximate surface area is 322 Å². The van der Waals surface area contributed by atoms with Crippen molar-refractivity contribution in [3.05, 3.63) is 84.0 Å². The van der Waals surface area contributed by atoms with Gasteiger partial charge in [-0.15, -0.1) is 0 Å². The lowest BCUT2D eigenvalue weighted by atomic mass is 9.32. The molecule has 6 nitrogen and oxygen atoms in total. The normalized spacial score (nSPS) is 42.2. The summed E-state index contributed by atoms with van der Waals surface area (Å²) in [5, 5.41) is 24.3. The smallest absolute Gasteiger partial charge is 0.409 e. The molecule has 6 heteroatoms. The number of aliphatic hydroxyl groups is 2. The minimum atomic E-state index is -1.12. The van der Waals surface area contributed by atoms with E-state index in [9.17, 15) is 15.0 Å². The Hall–Kier alpha value is -3.22. The topological polar surface area (TPSA) is 87.1 Å². The van der Waals surface area contributed by atoms with Crippen LogP contribution in [0.5, 0.6) is 0 Å². The number of hydrogen-bond donors (Lipinski definition) is 2. The van der Waals surface area contributed by atoms with Crippen LogP contribution in [0.1, 0.15) is 109 Å². The minimum absolute atomic E-state index is 0.0239. The van der Waals surface area contributed by atoms with Gasteiger partial charge in [0.05, 0.1) is 24.9 Å². The van der Waals surface area contributed by atoms with Gasteiger partial charge in [-0.3, -0.25) is 4.79 Å². The van der Waals surface area contributed by atoms with Gasteiger partial charge < -0.3 is 19.8 Å². The number of rotatable bonds is 8. The first-order valence-corrected chi connectivity index (χ1v) is 21.2. The maximum absolute atomic E-state index is 15.1. The van der Waals surface area contributed by atoms with E-state index in [0.717, 1.165) is 61.1 Å². The van der Waals surface area contributed by atoms with E-state index in [-0.39, 0.29) is 41.1 Å². The molecule has 54 heavy (non-hydrogen) atoms. The average Bonchev–Trinajstić information content (AvgIpc) is 3.44. The number of aliphatic hydroxyl groups excluding tert-OH is 1. The van der Waals surface area contributed by atoms with Gasteiger partial charge in [0.1, 0.15) is 0 Å². The molecule has 6 fully saturated rings. The van der Waals surface area contributed by atoms with Crippen molar-refractivity contribution in [2.24, 2.45) is 56.7 Å². The molecule has 11 atom stereocenters. The molecule has 9 aliphatic rings. The Kier molecular flexibility index (Phi) is 8.36. The van der Waals surface area contributed by atoms with E-state index in [1.165, 1.54) is 12.8 Å². The zero-order valence-corrected chi connectivity index (χ0v) is 33.2. The third-order valence-electron chi connectivity index (χ3n) is 17.6. The standard InChI is InChI=1S/C48H61NO5/c1-6-54-42(52)49(29-34-16-17-35-26-37(34)43(35,2)3)30-47(53)23-20-40-45(47,5)22-19-39-44(4)21-18-36(50)27-46(44)24-25-48(39,40)38(28-46)41(51)33-14-12-32(13-15-33)31-10-8-7-9-11-31/h7-15,24-25,28,34-37,39-40,50,53H,6,16-23,26-27,29-30H2,1-5H3. The van der Waals surface area contributed by atoms with Crippen molar-refractivity contribution in [2.45, 2.75) is 111 Å². The predicted molar refractivity (Wildman–Crippen MR) is 211 cm³/mol. The molecular formula is C48H61NO5. The first-order chi connectivity index (χ1) is 25.7. The van der Waals surface area contributed by atoms with Crippen molar-refractivity contribution in [1.82, 2.24) is 4.90 Å². The summed E-state index contributed by atoms with van der Waals surface area (Å²) in [6.45, 7) is 12.6. The van der Waals surface area contributed by atoms with Gasteiger partial charge in [-0.25, -0.2) is 4.79 Å². The van der Waals surface area contributed by atoms with Gasteiger partial charge in [0.2, 0.25) is 0 Å². The second-order valence-corrected chi connectivity index (χ2v) is 19.9. The zero-order chi connectivity index (χ0) is 37.9. The number of ketones is 1. The number of fused-ring (bicyclic) bond motifs is 3. The third-order valence-corrected chi connectivity index (χ3v) is 17.6. The van der Waals surface area contributed by atoms with Gasteiger partial charge in [-0.2, -0.15) is 0 Å². The predicted octanol–water partition coefficient (Wildman–Crippen LogP) is 9.66. The number of Topliss-reactive ketones (excluding diaryl/α,β-unsaturated/α-hetero) is 1. The number of carbonyl (C=O) groups excluding carboxylic acids is 2. The summed E-state index contributed by atoms with van der Waals surface area (Å²) in [6.07, 6.45) is 15.3. The van der Waals surface area contributed by atoms with Crippen molar-refractivity contribution in [1.29, 1.82) is 0 Å². The van der Waals surface area contributed by atoms with Crippen LogP contribution in [0.2, 0.25) is 0 Å². The monoisotopic (exact) mass is 731 g/mol. The van der Waals surface area contributed by atoms with Gasteiger partial charge in [0, 0.05) is 33.9 Å². The molecule has 0 heterocycles. The largest absolute Gasteiger partial charge is 0.450 e. The fraction of sp³-hybridized carbons (Fsp3) is 0.625. The number of ether oxygens (including phenoxy) is 1. The maximum Gasteiger partial charge on any atom is 0.409 e. The Bertz CT molecular complexity index is 1880. The molecular weight excluding hydrogens is 671 g/mol. The van der Waals surface area contributed by atoms with Crippen molar-refractivity contribution >= 4 is 11.9 Å². The molecule has 2 spiro atoms. The first kappa shape index (κ1) is 36.4. The van der Waals surface area contributed by atoms with Crippen LogP contribution in [-0.2, 0) is 4.74 Å². The SMILES string of the molecule is CCOC(=O)N(CC1CCC2CC1C2(C)C)CC1(O)CCC2C34C=CC5(C=C3C(=O)c3ccc(-c6ccccc6)cc3)CC(O)CCC5(C)C4CCC21C. The molecule has 9 aliphatic carbocycles. The maximum atomic E-state index is 15.1. The molecule has 2 aromatic rings. The molecule has 2 aromatic carbocycles. The van der Waals surface area contributed by atoms with E-state index in [0.29, 0.717) is 48.8 Å². The Morgan fingerprint density at radius 2 is 1.52 bits per heavy atom. The van der Waals surface area contributed by atoms with Crippen LogP contribution in [0.4, 0.5) is 4.79 Å². The highest BCUT2D eigenvalue weighted by atomic mass is 16.6. The van der Waals surface area contributed by atoms with E-state index in [1.807, 2.05) is 42.2 Å². The fourth-order valence-electron chi connectivity index (χ4n) is 14.4. The van der Waals surface area contributed by atoms with Gasteiger partial charge in [0.15, 0.2) is 5.78 Å². The molecule has 11 rings (SSSR count). The van der Waals surface area contributed by atoms with E-state index in [1.54, 1.807) is 0 Å². The van der Waals surface area contributed by atoms with Crippen molar-refractivity contribution in [3.8, 4) is 11.1 Å². The van der Waals surface area contributed by atoms with E-state index in [2.05, 4.69) is 70.2 Å². The van der Waals surface area contributed by atoms with E-state index in [4.69, 9.17) is 4.74 Å². The molecule has 2 N–H and O–H groups in total. The Morgan fingerprint density at radius 3 is 2.22 bits per heavy atom. The van der Waals surface area contributed by atoms with Crippen LogP contribution in [0, 0.1) is 56.7 Å². The lowest BCUT2D eigenvalue weighted by molar-refractivity contribution is -0.176. The number of nitrogens with zero attached hydrogens (tertiary/aromatic N) is 1. The second-order valence-electron chi connectivity index (χ2n) is 19.9. The summed E-state index contributed by atoms with van der Waals surface area (Å²) in [4.78, 5) is 30.8. The summed E-state index contributed by atoms with van der Waals surface area (Å²) in [5.74, 6) is 2.09. The number of allylic oxidation sites excluding steroid dienone is 4. The van der Waals surface area contributed by atoms with Crippen molar-refractivity contribution in [3.63, 3.8) is 0 Å². The quantitative estimate of drug-likeness (QED) is 0.209. The van der Waals surface area contributed by atoms with Crippen LogP contribution < -0.4 is 0 Å². The first-order valence-electron chi connectivity index (χ1n) is 21.2. The van der Waals surface area contributed by atoms with E-state index >= 15 is 4.79 Å². The number of carbonyl (C=O) groups is 2. The highest BCUT2D eigenvalue weighted by Gasteiger charge is 2.74. The summed E-state index contributed by atoms with van der Waals surface area (Å²) in [7, 11) is 0. The number of benzene rings is 2. The van der Waals surface area contributed by atoms with Gasteiger partial charge in [-0.1, -0.05) is 101 Å². The van der Waals surface area contributed by atoms with Crippen LogP contribution in [0.25, 0.3) is 11.1 Å². The van der Waals surface area contributed by atoms with Gasteiger partial charge in [-0.05, 0) is 123 Å². The minimum Gasteiger partial charge on any atom is -0.450 e. The zero-order valence-electron chi connectivity index (χ0n) is 33.2. The average molecular weight is 732 g/mol. The molecule has 0 saturated heterocycles. The molecule has 288 valence electrons. The highest BCUT2D eigenvalue weighted by molar-refractivity contribution is 6.10. The molecule has 0 aromatic heterocycles. The molecule has 0 aliphatic heterocycles. The molecule has 4 bridgehead atoms. The highest BCUT2D eigenvalue weighted by Crippen LogP contribution is 2.78. The lowest BCUT2D eigenvalue weighted by Crippen LogP contribution is -2.67. The van der Waals surface area contributed by atoms with Gasteiger partial charge >= 0.3 is 6.09 Å². The summed E-state index contributed by atoms with van der Waals surface area (Å²) < 4.78 is 5.71. The summed E-state index contributed by atoms with van der Waals surface area (Å²) in [6, 6.07) is 18.3. The lowest BCUT2D eigenvalue weighted by Gasteiger charge is -2.71. The van der Waals surface area contributed by atoms with Crippen molar-refractivity contribution in [2.75, 3.05) is 19.7 Å². The Morgan fingerprint density at radius 1 is 0.833 bits per heavy atom. The summed E-state index contributed by atoms with van der Waals surface area (Å²) >= 11 is 0. The van der Waals surface area contributed by atoms with Gasteiger partial charge in [0.25, 0.3) is 0 Å². The molecule has 1 amide bonds. The third kappa shape index (κ3) is 4.90. The van der Waals surface area contributed by atoms with Crippen molar-refractivity contribution < 1.29 is 24.5 Å². The fourth-order valence-corrected chi connectivity index (χ4v) is 14.4. The molecule has 0 radical (unpaired) electrons. The number of amides is 1. The second kappa shape index (κ2) is 12.4.